The van der Waals surface area contributed by atoms with Crippen LogP contribution in [0, 0.1) is 0 Å². The molecule has 0 atom stereocenters. The third-order valence-electron chi connectivity index (χ3n) is 4.02. The van der Waals surface area contributed by atoms with Crippen LogP contribution in [0.5, 0.6) is 0 Å². The minimum atomic E-state index is -4.68. The number of rotatable bonds is 2. The Kier molecular flexibility index (Phi) is 5.06. The number of carbonyl (C=O) groups excluding carboxylic acids is 1. The fourth-order valence-electron chi connectivity index (χ4n) is 2.50. The number of likely N-dealkylation sites (tertiary alicyclic amines) is 1. The minimum absolute atomic E-state index is 0.136. The smallest absolute Gasteiger partial charge is 0.380 e. The van der Waals surface area contributed by atoms with Gasteiger partial charge in [0.15, 0.2) is 5.60 Å². The normalized spacial score (nSPS) is 18.9. The molecule has 1 N–H and O–H groups in total. The second-order valence-electron chi connectivity index (χ2n) is 5.67. The molecule has 1 heterocycles. The van der Waals surface area contributed by atoms with E-state index in [-0.39, 0.29) is 19.0 Å². The summed E-state index contributed by atoms with van der Waals surface area (Å²) in [5.41, 5.74) is -1.65. The van der Waals surface area contributed by atoms with Crippen LogP contribution in [0.25, 0.3) is 6.08 Å². The monoisotopic (exact) mass is 347 g/mol. The van der Waals surface area contributed by atoms with Crippen molar-refractivity contribution in [3.63, 3.8) is 0 Å². The van der Waals surface area contributed by atoms with Gasteiger partial charge in [-0.15, -0.1) is 0 Å². The van der Waals surface area contributed by atoms with Crippen molar-refractivity contribution in [2.24, 2.45) is 0 Å². The Balaban J connectivity index is 2.07. The average molecular weight is 348 g/mol. The maximum absolute atomic E-state index is 12.8. The van der Waals surface area contributed by atoms with E-state index in [1.54, 1.807) is 37.3 Å². The number of amides is 1. The molecule has 0 spiro atoms. The Bertz CT molecular complexity index is 620. The third kappa shape index (κ3) is 3.87. The van der Waals surface area contributed by atoms with Crippen molar-refractivity contribution in [1.29, 1.82) is 0 Å². The fourth-order valence-corrected chi connectivity index (χ4v) is 2.69. The van der Waals surface area contributed by atoms with Gasteiger partial charge in [0.1, 0.15) is 0 Å². The third-order valence-corrected chi connectivity index (χ3v) is 4.36. The molecule has 3 nitrogen and oxygen atoms in total. The molecule has 0 aliphatic carbocycles. The molecular formula is C16H17ClF3NO2. The van der Waals surface area contributed by atoms with Crippen molar-refractivity contribution in [2.75, 3.05) is 13.1 Å². The van der Waals surface area contributed by atoms with Crippen LogP contribution in [0.4, 0.5) is 13.2 Å². The van der Waals surface area contributed by atoms with Gasteiger partial charge in [-0.1, -0.05) is 29.8 Å². The lowest BCUT2D eigenvalue weighted by atomic mass is 9.90. The Morgan fingerprint density at radius 1 is 1.30 bits per heavy atom. The first kappa shape index (κ1) is 17.8. The topological polar surface area (TPSA) is 40.5 Å². The van der Waals surface area contributed by atoms with Crippen LogP contribution < -0.4 is 0 Å². The van der Waals surface area contributed by atoms with Gasteiger partial charge in [-0.2, -0.15) is 13.2 Å². The lowest BCUT2D eigenvalue weighted by Gasteiger charge is -2.39. The number of benzene rings is 1. The Morgan fingerprint density at radius 2 is 1.87 bits per heavy atom. The number of nitrogens with zero attached hydrogens (tertiary/aromatic N) is 1. The van der Waals surface area contributed by atoms with Crippen LogP contribution in [0.3, 0.4) is 0 Å². The van der Waals surface area contributed by atoms with Crippen LogP contribution >= 0.6 is 11.6 Å². The molecule has 0 saturated carbocycles. The molecule has 0 aromatic heterocycles. The lowest BCUT2D eigenvalue weighted by molar-refractivity contribution is -0.271. The zero-order valence-corrected chi connectivity index (χ0v) is 13.3. The zero-order chi connectivity index (χ0) is 17.3. The van der Waals surface area contributed by atoms with E-state index in [9.17, 15) is 23.1 Å². The standard InChI is InChI=1S/C16H17ClF3NO2/c1-11(10-12-4-2-3-5-13(12)17)14(22)21-8-6-15(23,7-9-21)16(18,19)20/h2-5,10,23H,6-9H2,1H3/b11-10-. The van der Waals surface area contributed by atoms with E-state index in [1.165, 1.54) is 4.90 Å². The molecular weight excluding hydrogens is 331 g/mol. The molecule has 0 unspecified atom stereocenters. The van der Waals surface area contributed by atoms with E-state index in [0.717, 1.165) is 0 Å². The number of carbonyl (C=O) groups is 1. The maximum Gasteiger partial charge on any atom is 0.417 e. The molecule has 1 amide bonds. The highest BCUT2D eigenvalue weighted by atomic mass is 35.5. The second-order valence-corrected chi connectivity index (χ2v) is 6.08. The first-order valence-corrected chi connectivity index (χ1v) is 7.53. The van der Waals surface area contributed by atoms with Crippen molar-refractivity contribution in [3.05, 3.63) is 40.4 Å². The summed E-state index contributed by atoms with van der Waals surface area (Å²) in [7, 11) is 0. The van der Waals surface area contributed by atoms with E-state index >= 15 is 0 Å². The number of piperidine rings is 1. The molecule has 0 bridgehead atoms. The molecule has 1 aromatic carbocycles. The van der Waals surface area contributed by atoms with Gasteiger partial charge < -0.3 is 10.0 Å². The Morgan fingerprint density at radius 3 is 2.39 bits per heavy atom. The largest absolute Gasteiger partial charge is 0.417 e. The number of halogens is 4. The highest BCUT2D eigenvalue weighted by molar-refractivity contribution is 6.32. The molecule has 23 heavy (non-hydrogen) atoms. The summed E-state index contributed by atoms with van der Waals surface area (Å²) in [6, 6.07) is 6.98. The van der Waals surface area contributed by atoms with Crippen LogP contribution in [0.15, 0.2) is 29.8 Å². The first-order valence-electron chi connectivity index (χ1n) is 7.15. The summed E-state index contributed by atoms with van der Waals surface area (Å²) in [4.78, 5) is 13.6. The summed E-state index contributed by atoms with van der Waals surface area (Å²) in [6.07, 6.45) is -4.09. The summed E-state index contributed by atoms with van der Waals surface area (Å²) in [5.74, 6) is -0.353. The van der Waals surface area contributed by atoms with Crippen molar-refractivity contribution in [1.82, 2.24) is 4.90 Å². The lowest BCUT2D eigenvalue weighted by Crippen LogP contribution is -2.54. The maximum atomic E-state index is 12.8. The molecule has 126 valence electrons. The Hall–Kier alpha value is -1.53. The molecule has 2 rings (SSSR count). The van der Waals surface area contributed by atoms with E-state index in [1.807, 2.05) is 0 Å². The molecule has 0 radical (unpaired) electrons. The number of hydrogen-bond acceptors (Lipinski definition) is 2. The highest BCUT2D eigenvalue weighted by Gasteiger charge is 2.54. The van der Waals surface area contributed by atoms with Crippen molar-refractivity contribution < 1.29 is 23.1 Å². The van der Waals surface area contributed by atoms with E-state index in [2.05, 4.69) is 0 Å². The summed E-state index contributed by atoms with van der Waals surface area (Å²) in [5, 5.41) is 10.1. The van der Waals surface area contributed by atoms with Gasteiger partial charge in [0.25, 0.3) is 0 Å². The predicted octanol–water partition coefficient (Wildman–Crippen LogP) is 3.66. The van der Waals surface area contributed by atoms with Gasteiger partial charge >= 0.3 is 6.18 Å². The predicted molar refractivity (Wildman–Crippen MR) is 81.9 cm³/mol. The second kappa shape index (κ2) is 6.53. The van der Waals surface area contributed by atoms with Crippen LogP contribution in [-0.2, 0) is 4.79 Å². The summed E-state index contributed by atoms with van der Waals surface area (Å²) in [6.45, 7) is 1.32. The van der Waals surface area contributed by atoms with Gasteiger partial charge in [-0.25, -0.2) is 0 Å². The highest BCUT2D eigenvalue weighted by Crippen LogP contribution is 2.38. The summed E-state index contributed by atoms with van der Waals surface area (Å²) >= 11 is 6.02. The first-order chi connectivity index (χ1) is 10.6. The van der Waals surface area contributed by atoms with E-state index in [4.69, 9.17) is 11.6 Å². The van der Waals surface area contributed by atoms with Gasteiger partial charge in [0.05, 0.1) is 0 Å². The van der Waals surface area contributed by atoms with Crippen molar-refractivity contribution >= 4 is 23.6 Å². The molecule has 7 heteroatoms. The van der Waals surface area contributed by atoms with Crippen molar-refractivity contribution in [2.45, 2.75) is 31.5 Å². The number of alkyl halides is 3. The van der Waals surface area contributed by atoms with Gasteiger partial charge in [-0.05, 0) is 24.6 Å². The van der Waals surface area contributed by atoms with Gasteiger partial charge in [0.2, 0.25) is 5.91 Å². The van der Waals surface area contributed by atoms with E-state index < -0.39 is 24.6 Å². The number of hydrogen-bond donors (Lipinski definition) is 1. The van der Waals surface area contributed by atoms with Gasteiger partial charge in [0, 0.05) is 36.5 Å². The average Bonchev–Trinajstić information content (AvgIpc) is 2.48. The zero-order valence-electron chi connectivity index (χ0n) is 12.5. The SMILES string of the molecule is C/C(=C/c1ccccc1Cl)C(=O)N1CCC(O)(C(F)(F)F)CC1. The molecule has 1 saturated heterocycles. The van der Waals surface area contributed by atoms with Crippen LogP contribution in [-0.4, -0.2) is 40.8 Å². The minimum Gasteiger partial charge on any atom is -0.380 e. The fraction of sp³-hybridized carbons (Fsp3) is 0.438. The molecule has 1 aliphatic heterocycles. The quantitative estimate of drug-likeness (QED) is 0.829. The summed E-state index contributed by atoms with van der Waals surface area (Å²) < 4.78 is 38.3. The van der Waals surface area contributed by atoms with Gasteiger partial charge in [-0.3, -0.25) is 4.79 Å². The molecule has 1 fully saturated rings. The molecule has 1 aliphatic rings. The Labute approximate surface area is 137 Å². The number of aliphatic hydroxyl groups is 1. The molecule has 1 aromatic rings. The van der Waals surface area contributed by atoms with Crippen molar-refractivity contribution in [3.8, 4) is 0 Å². The van der Waals surface area contributed by atoms with Crippen LogP contribution in [0.1, 0.15) is 25.3 Å². The van der Waals surface area contributed by atoms with E-state index in [0.29, 0.717) is 16.2 Å². The van der Waals surface area contributed by atoms with Crippen LogP contribution in [0.2, 0.25) is 5.02 Å².